The quantitative estimate of drug-likeness (QED) is 0.941. The lowest BCUT2D eigenvalue weighted by molar-refractivity contribution is 0.0988. The Balaban J connectivity index is 1.85. The summed E-state index contributed by atoms with van der Waals surface area (Å²) in [7, 11) is 0. The number of hydrogen-bond acceptors (Lipinski definition) is 5. The second-order valence-electron chi connectivity index (χ2n) is 5.05. The number of nitrogens with zero attached hydrogens (tertiary/aromatic N) is 2. The lowest BCUT2D eigenvalue weighted by Gasteiger charge is -2.30. The number of aromatic nitrogens is 1. The molecule has 1 N–H and O–H groups in total. The predicted molar refractivity (Wildman–Crippen MR) is 83.7 cm³/mol. The standard InChI is InChI=1S/C15H16ClN3O3/c1-10-8-14(22-18-10)15(20)17-12-9-11(16)2-3-13(12)19-4-6-21-7-5-19/h2-3,8-9H,4-7H2,1H3,(H,17,20). The van der Waals surface area contributed by atoms with Crippen molar-refractivity contribution >= 4 is 28.9 Å². The third kappa shape index (κ3) is 3.23. The molecule has 1 saturated heterocycles. The fourth-order valence-electron chi connectivity index (χ4n) is 2.34. The van der Waals surface area contributed by atoms with E-state index in [0.717, 1.165) is 18.8 Å². The molecule has 1 aromatic heterocycles. The number of carbonyl (C=O) groups is 1. The van der Waals surface area contributed by atoms with Crippen LogP contribution in [-0.2, 0) is 4.74 Å². The molecule has 0 radical (unpaired) electrons. The number of amides is 1. The van der Waals surface area contributed by atoms with Crippen molar-refractivity contribution < 1.29 is 14.1 Å². The van der Waals surface area contributed by atoms with Crippen molar-refractivity contribution in [3.8, 4) is 0 Å². The van der Waals surface area contributed by atoms with Crippen LogP contribution in [0.5, 0.6) is 0 Å². The molecule has 2 heterocycles. The summed E-state index contributed by atoms with van der Waals surface area (Å²) < 4.78 is 10.3. The number of nitrogens with one attached hydrogen (secondary N) is 1. The highest BCUT2D eigenvalue weighted by atomic mass is 35.5. The van der Waals surface area contributed by atoms with Crippen LogP contribution >= 0.6 is 11.6 Å². The van der Waals surface area contributed by atoms with Gasteiger partial charge in [-0.3, -0.25) is 4.79 Å². The van der Waals surface area contributed by atoms with Crippen molar-refractivity contribution in [3.63, 3.8) is 0 Å². The highest BCUT2D eigenvalue weighted by Crippen LogP contribution is 2.30. The zero-order valence-corrected chi connectivity index (χ0v) is 12.9. The van der Waals surface area contributed by atoms with Gasteiger partial charge in [0.25, 0.3) is 5.91 Å². The zero-order valence-electron chi connectivity index (χ0n) is 12.1. The molecule has 0 saturated carbocycles. The maximum Gasteiger partial charge on any atom is 0.294 e. The van der Waals surface area contributed by atoms with Crippen LogP contribution in [0.3, 0.4) is 0 Å². The first-order valence-corrected chi connectivity index (χ1v) is 7.38. The van der Waals surface area contributed by atoms with E-state index in [2.05, 4.69) is 15.4 Å². The van der Waals surface area contributed by atoms with Crippen LogP contribution in [0.4, 0.5) is 11.4 Å². The highest BCUT2D eigenvalue weighted by molar-refractivity contribution is 6.31. The number of rotatable bonds is 3. The van der Waals surface area contributed by atoms with Crippen LogP contribution in [0.1, 0.15) is 16.2 Å². The maximum absolute atomic E-state index is 12.2. The Morgan fingerprint density at radius 2 is 2.09 bits per heavy atom. The van der Waals surface area contributed by atoms with Gasteiger partial charge in [0, 0.05) is 24.2 Å². The van der Waals surface area contributed by atoms with Gasteiger partial charge in [0.15, 0.2) is 0 Å². The summed E-state index contributed by atoms with van der Waals surface area (Å²) in [5.74, 6) is -0.178. The van der Waals surface area contributed by atoms with Crippen LogP contribution in [0.15, 0.2) is 28.8 Å². The van der Waals surface area contributed by atoms with E-state index in [-0.39, 0.29) is 11.7 Å². The number of carbonyl (C=O) groups excluding carboxylic acids is 1. The number of hydrogen-bond donors (Lipinski definition) is 1. The molecule has 2 aromatic rings. The molecule has 0 bridgehead atoms. The highest BCUT2D eigenvalue weighted by Gasteiger charge is 2.18. The van der Waals surface area contributed by atoms with Gasteiger partial charge in [-0.05, 0) is 25.1 Å². The molecule has 0 unspecified atom stereocenters. The van der Waals surface area contributed by atoms with Gasteiger partial charge >= 0.3 is 0 Å². The van der Waals surface area contributed by atoms with E-state index in [4.69, 9.17) is 20.9 Å². The Kier molecular flexibility index (Phi) is 4.31. The fraction of sp³-hybridized carbons (Fsp3) is 0.333. The number of aryl methyl sites for hydroxylation is 1. The summed E-state index contributed by atoms with van der Waals surface area (Å²) >= 11 is 6.06. The summed E-state index contributed by atoms with van der Waals surface area (Å²) in [6.45, 7) is 4.63. The van der Waals surface area contributed by atoms with Gasteiger partial charge in [-0.2, -0.15) is 0 Å². The smallest absolute Gasteiger partial charge is 0.294 e. The van der Waals surface area contributed by atoms with E-state index in [1.54, 1.807) is 25.1 Å². The number of benzene rings is 1. The third-order valence-corrected chi connectivity index (χ3v) is 3.65. The monoisotopic (exact) mass is 321 g/mol. The summed E-state index contributed by atoms with van der Waals surface area (Å²) in [6.07, 6.45) is 0. The van der Waals surface area contributed by atoms with Gasteiger partial charge in [-0.15, -0.1) is 0 Å². The molecule has 0 atom stereocenters. The molecule has 0 spiro atoms. The average molecular weight is 322 g/mol. The summed E-state index contributed by atoms with van der Waals surface area (Å²) in [6, 6.07) is 7.03. The molecular weight excluding hydrogens is 306 g/mol. The second kappa shape index (κ2) is 6.37. The van der Waals surface area contributed by atoms with Crippen molar-refractivity contribution in [2.75, 3.05) is 36.5 Å². The number of morpholine rings is 1. The minimum atomic E-state index is -0.350. The zero-order chi connectivity index (χ0) is 15.5. The Morgan fingerprint density at radius 1 is 1.32 bits per heavy atom. The van der Waals surface area contributed by atoms with Crippen LogP contribution in [0.2, 0.25) is 5.02 Å². The number of anilines is 2. The summed E-state index contributed by atoms with van der Waals surface area (Å²) in [5, 5.41) is 7.12. The molecule has 6 nitrogen and oxygen atoms in total. The minimum absolute atomic E-state index is 0.172. The van der Waals surface area contributed by atoms with E-state index < -0.39 is 0 Å². The average Bonchev–Trinajstić information content (AvgIpc) is 2.95. The largest absolute Gasteiger partial charge is 0.378 e. The third-order valence-electron chi connectivity index (χ3n) is 3.41. The van der Waals surface area contributed by atoms with Gasteiger partial charge in [0.05, 0.1) is 30.3 Å². The van der Waals surface area contributed by atoms with E-state index >= 15 is 0 Å². The lowest BCUT2D eigenvalue weighted by Crippen LogP contribution is -2.36. The summed E-state index contributed by atoms with van der Waals surface area (Å²) in [5.41, 5.74) is 2.22. The Bertz CT molecular complexity index is 680. The molecular formula is C15H16ClN3O3. The molecule has 7 heteroatoms. The number of ether oxygens (including phenoxy) is 1. The minimum Gasteiger partial charge on any atom is -0.378 e. The predicted octanol–water partition coefficient (Wildman–Crippen LogP) is 2.73. The van der Waals surface area contributed by atoms with Crippen molar-refractivity contribution in [2.45, 2.75) is 6.92 Å². The summed E-state index contributed by atoms with van der Waals surface area (Å²) in [4.78, 5) is 14.4. The van der Waals surface area contributed by atoms with Crippen molar-refractivity contribution in [1.82, 2.24) is 5.16 Å². The molecule has 1 aromatic carbocycles. The fourth-order valence-corrected chi connectivity index (χ4v) is 2.52. The first-order valence-electron chi connectivity index (χ1n) is 7.00. The first-order chi connectivity index (χ1) is 10.6. The number of halogens is 1. The molecule has 1 amide bonds. The lowest BCUT2D eigenvalue weighted by atomic mass is 10.2. The van der Waals surface area contributed by atoms with E-state index in [0.29, 0.717) is 29.6 Å². The Morgan fingerprint density at radius 3 is 2.77 bits per heavy atom. The van der Waals surface area contributed by atoms with Crippen molar-refractivity contribution in [3.05, 3.63) is 40.7 Å². The van der Waals surface area contributed by atoms with Crippen LogP contribution in [0.25, 0.3) is 0 Å². The van der Waals surface area contributed by atoms with Gasteiger partial charge < -0.3 is 19.5 Å². The normalized spacial score (nSPS) is 14.9. The maximum atomic E-state index is 12.2. The van der Waals surface area contributed by atoms with Gasteiger partial charge in [0.2, 0.25) is 5.76 Å². The van der Waals surface area contributed by atoms with Crippen molar-refractivity contribution in [2.24, 2.45) is 0 Å². The van der Waals surface area contributed by atoms with Crippen molar-refractivity contribution in [1.29, 1.82) is 0 Å². The molecule has 1 fully saturated rings. The molecule has 116 valence electrons. The van der Waals surface area contributed by atoms with Crippen LogP contribution < -0.4 is 10.2 Å². The Hall–Kier alpha value is -2.05. The van der Waals surface area contributed by atoms with Gasteiger partial charge in [-0.1, -0.05) is 16.8 Å². The molecule has 3 rings (SSSR count). The van der Waals surface area contributed by atoms with Crippen LogP contribution in [-0.4, -0.2) is 37.4 Å². The topological polar surface area (TPSA) is 67.6 Å². The van der Waals surface area contributed by atoms with E-state index in [9.17, 15) is 4.79 Å². The van der Waals surface area contributed by atoms with Gasteiger partial charge in [-0.25, -0.2) is 0 Å². The molecule has 0 aliphatic carbocycles. The second-order valence-corrected chi connectivity index (χ2v) is 5.48. The molecule has 22 heavy (non-hydrogen) atoms. The SMILES string of the molecule is Cc1cc(C(=O)Nc2cc(Cl)ccc2N2CCOCC2)on1. The van der Waals surface area contributed by atoms with E-state index in [1.807, 2.05) is 6.07 Å². The molecule has 1 aliphatic heterocycles. The first kappa shape index (κ1) is 14.9. The van der Waals surface area contributed by atoms with E-state index in [1.165, 1.54) is 0 Å². The van der Waals surface area contributed by atoms with Gasteiger partial charge in [0.1, 0.15) is 0 Å². The Labute approximate surface area is 133 Å². The molecule has 1 aliphatic rings. The van der Waals surface area contributed by atoms with Crippen LogP contribution in [0, 0.1) is 6.92 Å².